The molecule has 1 aliphatic heterocycles. The Labute approximate surface area is 203 Å². The zero-order valence-corrected chi connectivity index (χ0v) is 19.9. The van der Waals surface area contributed by atoms with Gasteiger partial charge in [-0.2, -0.15) is 0 Å². The molecule has 1 aliphatic rings. The van der Waals surface area contributed by atoms with Crippen molar-refractivity contribution in [2.45, 2.75) is 26.1 Å². The SMILES string of the molecule is COc1cc(OC)cc(C(=O)Nc2ccc3c(c2)CN(Cc2ccc(Cl)cc2)C(=O)C(C)O3)c1. The Hall–Kier alpha value is -3.71. The molecule has 0 saturated heterocycles. The van der Waals surface area contributed by atoms with Crippen LogP contribution in [0.4, 0.5) is 5.69 Å². The van der Waals surface area contributed by atoms with Crippen molar-refractivity contribution < 1.29 is 23.8 Å². The molecule has 0 aliphatic carbocycles. The lowest BCUT2D eigenvalue weighted by atomic mass is 10.1. The van der Waals surface area contributed by atoms with Crippen LogP contribution in [0.15, 0.2) is 60.7 Å². The summed E-state index contributed by atoms with van der Waals surface area (Å²) >= 11 is 5.99. The number of rotatable bonds is 6. The maximum atomic E-state index is 12.9. The second kappa shape index (κ2) is 10.1. The predicted octanol–water partition coefficient (Wildman–Crippen LogP) is 4.92. The Morgan fingerprint density at radius 2 is 1.74 bits per heavy atom. The van der Waals surface area contributed by atoms with Gasteiger partial charge >= 0.3 is 0 Å². The Morgan fingerprint density at radius 1 is 1.06 bits per heavy atom. The molecule has 1 heterocycles. The van der Waals surface area contributed by atoms with Gasteiger partial charge in [-0.1, -0.05) is 23.7 Å². The van der Waals surface area contributed by atoms with Crippen molar-refractivity contribution in [3.63, 3.8) is 0 Å². The standard InChI is InChI=1S/C26H25ClN2O5/c1-16-26(31)29(14-17-4-6-20(27)7-5-17)15-19-10-21(8-9-24(19)34-16)28-25(30)18-11-22(32-2)13-23(12-18)33-3/h4-13,16H,14-15H2,1-3H3,(H,28,30). The third-order valence-electron chi connectivity index (χ3n) is 5.54. The number of fused-ring (bicyclic) bond motifs is 1. The molecular weight excluding hydrogens is 456 g/mol. The lowest BCUT2D eigenvalue weighted by molar-refractivity contribution is -0.138. The number of benzene rings is 3. The molecule has 1 unspecified atom stereocenters. The number of amides is 2. The van der Waals surface area contributed by atoms with Gasteiger partial charge < -0.3 is 24.4 Å². The summed E-state index contributed by atoms with van der Waals surface area (Å²) in [6, 6.07) is 17.7. The first-order chi connectivity index (χ1) is 16.4. The Bertz CT molecular complexity index is 1190. The summed E-state index contributed by atoms with van der Waals surface area (Å²) in [5, 5.41) is 3.54. The van der Waals surface area contributed by atoms with E-state index in [1.165, 1.54) is 14.2 Å². The molecule has 7 nitrogen and oxygen atoms in total. The molecule has 2 amide bonds. The van der Waals surface area contributed by atoms with E-state index in [9.17, 15) is 9.59 Å². The van der Waals surface area contributed by atoms with E-state index in [2.05, 4.69) is 5.32 Å². The van der Waals surface area contributed by atoms with Crippen LogP contribution < -0.4 is 19.5 Å². The highest BCUT2D eigenvalue weighted by Crippen LogP contribution is 2.30. The van der Waals surface area contributed by atoms with E-state index in [0.29, 0.717) is 46.6 Å². The molecule has 0 radical (unpaired) electrons. The second-order valence-corrected chi connectivity index (χ2v) is 8.40. The number of anilines is 1. The molecular formula is C26H25ClN2O5. The molecule has 3 aromatic carbocycles. The first-order valence-corrected chi connectivity index (χ1v) is 11.1. The number of hydrogen-bond donors (Lipinski definition) is 1. The summed E-state index contributed by atoms with van der Waals surface area (Å²) in [4.78, 5) is 27.6. The molecule has 0 aromatic heterocycles. The molecule has 8 heteroatoms. The molecule has 1 N–H and O–H groups in total. The molecule has 4 rings (SSSR count). The number of carbonyl (C=O) groups is 2. The van der Waals surface area contributed by atoms with Crippen molar-refractivity contribution in [1.82, 2.24) is 4.90 Å². The number of ether oxygens (including phenoxy) is 3. The van der Waals surface area contributed by atoms with Crippen LogP contribution in [0.2, 0.25) is 5.02 Å². The summed E-state index contributed by atoms with van der Waals surface area (Å²) in [7, 11) is 3.06. The Kier molecular flexibility index (Phi) is 6.93. The van der Waals surface area contributed by atoms with Crippen LogP contribution in [0.5, 0.6) is 17.2 Å². The second-order valence-electron chi connectivity index (χ2n) is 7.96. The molecule has 1 atom stereocenters. The fraction of sp³-hybridized carbons (Fsp3) is 0.231. The van der Waals surface area contributed by atoms with Crippen LogP contribution in [-0.4, -0.2) is 37.0 Å². The average Bonchev–Trinajstić information content (AvgIpc) is 2.96. The molecule has 176 valence electrons. The van der Waals surface area contributed by atoms with E-state index < -0.39 is 6.10 Å². The molecule has 0 saturated carbocycles. The minimum Gasteiger partial charge on any atom is -0.497 e. The monoisotopic (exact) mass is 480 g/mol. The Balaban J connectivity index is 1.56. The predicted molar refractivity (Wildman–Crippen MR) is 130 cm³/mol. The van der Waals surface area contributed by atoms with Crippen LogP contribution in [0.25, 0.3) is 0 Å². The lowest BCUT2D eigenvalue weighted by Crippen LogP contribution is -2.37. The van der Waals surface area contributed by atoms with Crippen molar-refractivity contribution in [3.8, 4) is 17.2 Å². The third kappa shape index (κ3) is 5.26. The van der Waals surface area contributed by atoms with Gasteiger partial charge in [0.05, 0.1) is 14.2 Å². The minimum absolute atomic E-state index is 0.111. The smallest absolute Gasteiger partial charge is 0.263 e. The summed E-state index contributed by atoms with van der Waals surface area (Å²) in [5.41, 5.74) is 2.75. The summed E-state index contributed by atoms with van der Waals surface area (Å²) in [5.74, 6) is 1.23. The average molecular weight is 481 g/mol. The van der Waals surface area contributed by atoms with E-state index in [0.717, 1.165) is 11.1 Å². The van der Waals surface area contributed by atoms with Gasteiger partial charge in [0, 0.05) is 41.0 Å². The van der Waals surface area contributed by atoms with Crippen LogP contribution in [0.3, 0.4) is 0 Å². The highest BCUT2D eigenvalue weighted by Gasteiger charge is 2.28. The zero-order chi connectivity index (χ0) is 24.2. The van der Waals surface area contributed by atoms with E-state index in [4.69, 9.17) is 25.8 Å². The number of hydrogen-bond acceptors (Lipinski definition) is 5. The van der Waals surface area contributed by atoms with Crippen molar-refractivity contribution in [3.05, 3.63) is 82.4 Å². The van der Waals surface area contributed by atoms with Gasteiger partial charge in [-0.3, -0.25) is 9.59 Å². The van der Waals surface area contributed by atoms with Gasteiger partial charge in [-0.25, -0.2) is 0 Å². The summed E-state index contributed by atoms with van der Waals surface area (Å²) in [6.45, 7) is 2.50. The van der Waals surface area contributed by atoms with Crippen molar-refractivity contribution in [1.29, 1.82) is 0 Å². The first-order valence-electron chi connectivity index (χ1n) is 10.7. The van der Waals surface area contributed by atoms with Crippen LogP contribution in [0, 0.1) is 0 Å². The number of nitrogens with one attached hydrogen (secondary N) is 1. The molecule has 3 aromatic rings. The van der Waals surface area contributed by atoms with Gasteiger partial charge in [0.25, 0.3) is 11.8 Å². The summed E-state index contributed by atoms with van der Waals surface area (Å²) in [6.07, 6.45) is -0.627. The van der Waals surface area contributed by atoms with E-state index in [-0.39, 0.29) is 11.8 Å². The van der Waals surface area contributed by atoms with Crippen LogP contribution in [0.1, 0.15) is 28.4 Å². The quantitative estimate of drug-likeness (QED) is 0.542. The highest BCUT2D eigenvalue weighted by atomic mass is 35.5. The first kappa shape index (κ1) is 23.4. The van der Waals surface area contributed by atoms with Crippen molar-refractivity contribution in [2.75, 3.05) is 19.5 Å². The van der Waals surface area contributed by atoms with Gasteiger partial charge in [0.1, 0.15) is 17.2 Å². The maximum Gasteiger partial charge on any atom is 0.263 e. The molecule has 0 spiro atoms. The topological polar surface area (TPSA) is 77.1 Å². The molecule has 34 heavy (non-hydrogen) atoms. The normalized spacial score (nSPS) is 15.1. The fourth-order valence-electron chi connectivity index (χ4n) is 3.76. The number of carbonyl (C=O) groups excluding carboxylic acids is 2. The number of methoxy groups -OCH3 is 2. The van der Waals surface area contributed by atoms with Crippen molar-refractivity contribution >= 4 is 29.1 Å². The molecule has 0 fully saturated rings. The highest BCUT2D eigenvalue weighted by molar-refractivity contribution is 6.30. The summed E-state index contributed by atoms with van der Waals surface area (Å²) < 4.78 is 16.4. The number of nitrogens with zero attached hydrogens (tertiary/aromatic N) is 1. The number of halogens is 1. The third-order valence-corrected chi connectivity index (χ3v) is 5.80. The minimum atomic E-state index is -0.627. The maximum absolute atomic E-state index is 12.9. The fourth-order valence-corrected chi connectivity index (χ4v) is 3.89. The molecule has 0 bridgehead atoms. The van der Waals surface area contributed by atoms with Gasteiger partial charge in [-0.05, 0) is 55.0 Å². The zero-order valence-electron chi connectivity index (χ0n) is 19.1. The van der Waals surface area contributed by atoms with Gasteiger partial charge in [0.15, 0.2) is 6.10 Å². The van der Waals surface area contributed by atoms with Gasteiger partial charge in [-0.15, -0.1) is 0 Å². The van der Waals surface area contributed by atoms with Crippen molar-refractivity contribution in [2.24, 2.45) is 0 Å². The Morgan fingerprint density at radius 3 is 2.38 bits per heavy atom. The van der Waals surface area contributed by atoms with Crippen LogP contribution in [-0.2, 0) is 17.9 Å². The van der Waals surface area contributed by atoms with E-state index in [1.54, 1.807) is 54.3 Å². The van der Waals surface area contributed by atoms with Crippen LogP contribution >= 0.6 is 11.6 Å². The van der Waals surface area contributed by atoms with E-state index >= 15 is 0 Å². The van der Waals surface area contributed by atoms with E-state index in [1.807, 2.05) is 18.2 Å². The lowest BCUT2D eigenvalue weighted by Gasteiger charge is -2.22. The largest absolute Gasteiger partial charge is 0.497 e. The van der Waals surface area contributed by atoms with Gasteiger partial charge in [0.2, 0.25) is 0 Å².